The molecule has 3 heteroatoms. The largest absolute Gasteiger partial charge is 0.338 e. The van der Waals surface area contributed by atoms with Crippen LogP contribution in [-0.2, 0) is 4.79 Å². The van der Waals surface area contributed by atoms with Gasteiger partial charge in [0.05, 0.1) is 0 Å². The predicted molar refractivity (Wildman–Crippen MR) is 62.4 cm³/mol. The molecule has 88 valence electrons. The van der Waals surface area contributed by atoms with Gasteiger partial charge in [-0.15, -0.1) is 0 Å². The van der Waals surface area contributed by atoms with Crippen molar-refractivity contribution in [3.63, 3.8) is 0 Å². The quantitative estimate of drug-likeness (QED) is 0.727. The molecule has 1 saturated carbocycles. The van der Waals surface area contributed by atoms with Gasteiger partial charge in [-0.3, -0.25) is 4.79 Å². The molecule has 3 nitrogen and oxygen atoms in total. The number of rotatable bonds is 6. The van der Waals surface area contributed by atoms with Crippen molar-refractivity contribution >= 4 is 5.91 Å². The highest BCUT2D eigenvalue weighted by Gasteiger charge is 2.42. The zero-order valence-corrected chi connectivity index (χ0v) is 10.2. The van der Waals surface area contributed by atoms with Crippen molar-refractivity contribution in [2.75, 3.05) is 13.1 Å². The van der Waals surface area contributed by atoms with Crippen LogP contribution in [0.3, 0.4) is 0 Å². The van der Waals surface area contributed by atoms with Gasteiger partial charge in [0, 0.05) is 25.0 Å². The summed E-state index contributed by atoms with van der Waals surface area (Å²) in [7, 11) is 0. The van der Waals surface area contributed by atoms with Crippen LogP contribution < -0.4 is 5.73 Å². The van der Waals surface area contributed by atoms with E-state index in [9.17, 15) is 4.79 Å². The van der Waals surface area contributed by atoms with Crippen molar-refractivity contribution in [3.05, 3.63) is 0 Å². The first kappa shape index (κ1) is 12.5. The minimum atomic E-state index is 0.289. The summed E-state index contributed by atoms with van der Waals surface area (Å²) in [5.74, 6) is 1.21. The topological polar surface area (TPSA) is 46.3 Å². The van der Waals surface area contributed by atoms with E-state index in [1.165, 1.54) is 0 Å². The standard InChI is InChI=1S/C12H24N2O/c1-4-10(5-2)14(7-6-13)12(15)11-8-9(11)3/h9-11H,4-8,13H2,1-3H3. The molecule has 2 unspecified atom stereocenters. The Morgan fingerprint density at radius 1 is 1.47 bits per heavy atom. The molecule has 1 aliphatic rings. The van der Waals surface area contributed by atoms with Crippen LogP contribution in [0.15, 0.2) is 0 Å². The first-order chi connectivity index (χ1) is 7.15. The van der Waals surface area contributed by atoms with Crippen LogP contribution in [0.25, 0.3) is 0 Å². The summed E-state index contributed by atoms with van der Waals surface area (Å²) >= 11 is 0. The minimum Gasteiger partial charge on any atom is -0.338 e. The molecule has 0 aliphatic heterocycles. The van der Waals surface area contributed by atoms with Gasteiger partial charge in [-0.05, 0) is 25.2 Å². The molecule has 0 aromatic carbocycles. The molecular formula is C12H24N2O. The van der Waals surface area contributed by atoms with Crippen LogP contribution in [0.5, 0.6) is 0 Å². The van der Waals surface area contributed by atoms with E-state index in [1.54, 1.807) is 0 Å². The van der Waals surface area contributed by atoms with Gasteiger partial charge < -0.3 is 10.6 Å². The monoisotopic (exact) mass is 212 g/mol. The lowest BCUT2D eigenvalue weighted by Crippen LogP contribution is -2.43. The van der Waals surface area contributed by atoms with Crippen LogP contribution in [0.1, 0.15) is 40.0 Å². The van der Waals surface area contributed by atoms with E-state index < -0.39 is 0 Å². The molecule has 1 aliphatic carbocycles. The smallest absolute Gasteiger partial charge is 0.226 e. The molecule has 0 heterocycles. The first-order valence-corrected chi connectivity index (χ1v) is 6.16. The van der Waals surface area contributed by atoms with Gasteiger partial charge in [-0.2, -0.15) is 0 Å². The highest BCUT2D eigenvalue weighted by Crippen LogP contribution is 2.39. The van der Waals surface area contributed by atoms with Crippen molar-refractivity contribution in [2.45, 2.75) is 46.1 Å². The van der Waals surface area contributed by atoms with E-state index in [0.29, 0.717) is 31.0 Å². The molecular weight excluding hydrogens is 188 g/mol. The fourth-order valence-corrected chi connectivity index (χ4v) is 2.22. The van der Waals surface area contributed by atoms with Gasteiger partial charge in [0.1, 0.15) is 0 Å². The molecule has 1 amide bonds. The summed E-state index contributed by atoms with van der Waals surface area (Å²) in [6.45, 7) is 7.72. The van der Waals surface area contributed by atoms with Gasteiger partial charge in [0.25, 0.3) is 0 Å². The number of carbonyl (C=O) groups is 1. The predicted octanol–water partition coefficient (Wildman–Crippen LogP) is 1.62. The van der Waals surface area contributed by atoms with Gasteiger partial charge in [0.2, 0.25) is 5.91 Å². The number of hydrogen-bond donors (Lipinski definition) is 1. The number of carbonyl (C=O) groups excluding carboxylic acids is 1. The van der Waals surface area contributed by atoms with Crippen LogP contribution >= 0.6 is 0 Å². The maximum absolute atomic E-state index is 12.1. The Morgan fingerprint density at radius 2 is 2.00 bits per heavy atom. The fourth-order valence-electron chi connectivity index (χ4n) is 2.22. The van der Waals surface area contributed by atoms with E-state index in [0.717, 1.165) is 19.3 Å². The van der Waals surface area contributed by atoms with Crippen LogP contribution in [0.2, 0.25) is 0 Å². The highest BCUT2D eigenvalue weighted by atomic mass is 16.2. The van der Waals surface area contributed by atoms with E-state index in [4.69, 9.17) is 5.73 Å². The SMILES string of the molecule is CCC(CC)N(CCN)C(=O)C1CC1C. The molecule has 1 rings (SSSR count). The Morgan fingerprint density at radius 3 is 2.33 bits per heavy atom. The van der Waals surface area contributed by atoms with Crippen molar-refractivity contribution in [3.8, 4) is 0 Å². The van der Waals surface area contributed by atoms with Crippen molar-refractivity contribution in [1.29, 1.82) is 0 Å². The zero-order chi connectivity index (χ0) is 11.4. The van der Waals surface area contributed by atoms with E-state index in [1.807, 2.05) is 4.90 Å². The minimum absolute atomic E-state index is 0.289. The van der Waals surface area contributed by atoms with E-state index >= 15 is 0 Å². The Balaban J connectivity index is 2.59. The second-order valence-electron chi connectivity index (χ2n) is 4.61. The maximum Gasteiger partial charge on any atom is 0.226 e. The molecule has 0 spiro atoms. The summed E-state index contributed by atoms with van der Waals surface area (Å²) in [6.07, 6.45) is 3.13. The van der Waals surface area contributed by atoms with E-state index in [-0.39, 0.29) is 5.92 Å². The van der Waals surface area contributed by atoms with Crippen molar-refractivity contribution in [2.24, 2.45) is 17.6 Å². The molecule has 0 aromatic rings. The van der Waals surface area contributed by atoms with Gasteiger partial charge >= 0.3 is 0 Å². The first-order valence-electron chi connectivity index (χ1n) is 6.16. The molecule has 0 saturated heterocycles. The summed E-state index contributed by atoms with van der Waals surface area (Å²) < 4.78 is 0. The number of nitrogens with zero attached hydrogens (tertiary/aromatic N) is 1. The van der Waals surface area contributed by atoms with Crippen molar-refractivity contribution in [1.82, 2.24) is 4.90 Å². The lowest BCUT2D eigenvalue weighted by Gasteiger charge is -2.30. The number of nitrogens with two attached hydrogens (primary N) is 1. The van der Waals surface area contributed by atoms with Gasteiger partial charge in [-0.1, -0.05) is 20.8 Å². The Kier molecular flexibility index (Phi) is 4.58. The summed E-state index contributed by atoms with van der Waals surface area (Å²) in [5.41, 5.74) is 5.58. The average molecular weight is 212 g/mol. The van der Waals surface area contributed by atoms with Crippen LogP contribution in [0, 0.1) is 11.8 Å². The fraction of sp³-hybridized carbons (Fsp3) is 0.917. The summed E-state index contributed by atoms with van der Waals surface area (Å²) in [4.78, 5) is 14.1. The van der Waals surface area contributed by atoms with Crippen LogP contribution in [0.4, 0.5) is 0 Å². The van der Waals surface area contributed by atoms with Crippen molar-refractivity contribution < 1.29 is 4.79 Å². The zero-order valence-electron chi connectivity index (χ0n) is 10.2. The Bertz CT molecular complexity index is 214. The number of amides is 1. The molecule has 15 heavy (non-hydrogen) atoms. The average Bonchev–Trinajstić information content (AvgIpc) is 2.95. The lowest BCUT2D eigenvalue weighted by molar-refractivity contribution is -0.135. The second-order valence-corrected chi connectivity index (χ2v) is 4.61. The Labute approximate surface area is 93.0 Å². The number of hydrogen-bond acceptors (Lipinski definition) is 2. The maximum atomic E-state index is 12.1. The molecule has 2 N–H and O–H groups in total. The molecule has 0 radical (unpaired) electrons. The third-order valence-electron chi connectivity index (χ3n) is 3.46. The highest BCUT2D eigenvalue weighted by molar-refractivity contribution is 5.81. The van der Waals surface area contributed by atoms with Gasteiger partial charge in [0.15, 0.2) is 0 Å². The Hall–Kier alpha value is -0.570. The molecule has 1 fully saturated rings. The molecule has 2 atom stereocenters. The third kappa shape index (κ3) is 2.94. The summed E-state index contributed by atoms with van der Waals surface area (Å²) in [6, 6.07) is 0.383. The van der Waals surface area contributed by atoms with E-state index in [2.05, 4.69) is 20.8 Å². The summed E-state index contributed by atoms with van der Waals surface area (Å²) in [5, 5.41) is 0. The normalized spacial score (nSPS) is 24.3. The molecule has 0 bridgehead atoms. The molecule has 0 aromatic heterocycles. The third-order valence-corrected chi connectivity index (χ3v) is 3.46. The lowest BCUT2D eigenvalue weighted by atomic mass is 10.1. The van der Waals surface area contributed by atoms with Crippen LogP contribution in [-0.4, -0.2) is 29.9 Å². The second kappa shape index (κ2) is 5.50. The van der Waals surface area contributed by atoms with Gasteiger partial charge in [-0.25, -0.2) is 0 Å².